The Bertz CT molecular complexity index is 869. The molecule has 0 unspecified atom stereocenters. The maximum atomic E-state index is 11.6. The third-order valence-electron chi connectivity index (χ3n) is 8.50. The maximum absolute atomic E-state index is 11.6. The molecular formula is C35H58O3. The highest BCUT2D eigenvalue weighted by molar-refractivity contribution is 5.72. The average Bonchev–Trinajstić information content (AvgIpc) is 2.89. The van der Waals surface area contributed by atoms with E-state index in [4.69, 9.17) is 9.47 Å². The van der Waals surface area contributed by atoms with E-state index in [-0.39, 0.29) is 11.6 Å². The zero-order valence-electron chi connectivity index (χ0n) is 25.8. The van der Waals surface area contributed by atoms with Crippen LogP contribution in [0.3, 0.4) is 0 Å². The smallest absolute Gasteiger partial charge is 0.308 e. The zero-order chi connectivity index (χ0) is 27.8. The molecule has 0 amide bonds. The molecule has 1 heterocycles. The van der Waals surface area contributed by atoms with Crippen molar-refractivity contribution in [2.45, 2.75) is 169 Å². The van der Waals surface area contributed by atoms with Crippen molar-refractivity contribution in [3.8, 4) is 11.5 Å². The van der Waals surface area contributed by atoms with Crippen LogP contribution in [0.4, 0.5) is 0 Å². The number of fused-ring (bicyclic) bond motifs is 1. The topological polar surface area (TPSA) is 35.5 Å². The zero-order valence-corrected chi connectivity index (χ0v) is 25.8. The summed E-state index contributed by atoms with van der Waals surface area (Å²) in [6.45, 7) is 12.1. The van der Waals surface area contributed by atoms with Gasteiger partial charge in [-0.3, -0.25) is 4.79 Å². The van der Waals surface area contributed by atoms with Crippen molar-refractivity contribution in [3.05, 3.63) is 34.4 Å². The van der Waals surface area contributed by atoms with Gasteiger partial charge >= 0.3 is 5.97 Å². The van der Waals surface area contributed by atoms with Gasteiger partial charge in [-0.25, -0.2) is 0 Å². The van der Waals surface area contributed by atoms with Crippen LogP contribution < -0.4 is 9.47 Å². The lowest BCUT2D eigenvalue weighted by Gasteiger charge is -2.37. The highest BCUT2D eigenvalue weighted by Crippen LogP contribution is 2.44. The summed E-state index contributed by atoms with van der Waals surface area (Å²) in [5.74, 6) is 1.45. The van der Waals surface area contributed by atoms with Crippen LogP contribution in [0.15, 0.2) is 12.2 Å². The van der Waals surface area contributed by atoms with Gasteiger partial charge in [0.15, 0.2) is 0 Å². The van der Waals surface area contributed by atoms with Gasteiger partial charge in [-0.15, -0.1) is 0 Å². The van der Waals surface area contributed by atoms with E-state index in [0.717, 1.165) is 41.7 Å². The van der Waals surface area contributed by atoms with Gasteiger partial charge in [-0.05, 0) is 70.1 Å². The summed E-state index contributed by atoms with van der Waals surface area (Å²) in [4.78, 5) is 11.6. The first kappa shape index (κ1) is 32.4. The van der Waals surface area contributed by atoms with Gasteiger partial charge in [0.1, 0.15) is 17.1 Å². The standard InChI is InChI=1S/C35H58O3/c1-7-8-9-10-11-12-13-14-15-16-17-18-19-20-21-22-23-24-26-35(6)27-25-32-30(4)33(37-31(5)36)28(2)29(3)34(32)38-35/h23-24H,7-22,25-27H2,1-6H3/t35-/m1/s1. The Morgan fingerprint density at radius 2 is 1.32 bits per heavy atom. The summed E-state index contributed by atoms with van der Waals surface area (Å²) in [6.07, 6.45) is 29.9. The number of esters is 1. The minimum Gasteiger partial charge on any atom is -0.487 e. The van der Waals surface area contributed by atoms with E-state index in [2.05, 4.69) is 32.9 Å². The number of unbranched alkanes of at least 4 members (excludes halogenated alkanes) is 15. The molecule has 1 aliphatic heterocycles. The average molecular weight is 527 g/mol. The summed E-state index contributed by atoms with van der Waals surface area (Å²) < 4.78 is 12.2. The van der Waals surface area contributed by atoms with Crippen molar-refractivity contribution in [1.82, 2.24) is 0 Å². The van der Waals surface area contributed by atoms with Crippen LogP contribution in [0.5, 0.6) is 11.5 Å². The van der Waals surface area contributed by atoms with Gasteiger partial charge in [0.05, 0.1) is 0 Å². The fourth-order valence-corrected chi connectivity index (χ4v) is 5.81. The first-order chi connectivity index (χ1) is 18.3. The second-order valence-electron chi connectivity index (χ2n) is 12.1. The molecule has 1 aliphatic rings. The molecule has 1 aromatic carbocycles. The van der Waals surface area contributed by atoms with Crippen molar-refractivity contribution in [3.63, 3.8) is 0 Å². The first-order valence-electron chi connectivity index (χ1n) is 15.9. The monoisotopic (exact) mass is 526 g/mol. The van der Waals surface area contributed by atoms with Gasteiger partial charge in [0.25, 0.3) is 0 Å². The molecule has 0 spiro atoms. The number of hydrogen-bond acceptors (Lipinski definition) is 3. The number of hydrogen-bond donors (Lipinski definition) is 0. The quantitative estimate of drug-likeness (QED) is 0.0778. The fraction of sp³-hybridized carbons (Fsp3) is 0.743. The Morgan fingerprint density at radius 3 is 1.84 bits per heavy atom. The lowest BCUT2D eigenvalue weighted by Crippen LogP contribution is -2.36. The lowest BCUT2D eigenvalue weighted by molar-refractivity contribution is -0.132. The second-order valence-corrected chi connectivity index (χ2v) is 12.1. The van der Waals surface area contributed by atoms with Crippen molar-refractivity contribution in [1.29, 1.82) is 0 Å². The molecule has 0 saturated heterocycles. The van der Waals surface area contributed by atoms with E-state index in [0.29, 0.717) is 5.75 Å². The number of benzene rings is 1. The van der Waals surface area contributed by atoms with E-state index in [9.17, 15) is 4.79 Å². The highest BCUT2D eigenvalue weighted by Gasteiger charge is 2.34. The van der Waals surface area contributed by atoms with Crippen molar-refractivity contribution in [2.24, 2.45) is 0 Å². The minimum absolute atomic E-state index is 0.175. The largest absolute Gasteiger partial charge is 0.487 e. The van der Waals surface area contributed by atoms with E-state index < -0.39 is 0 Å². The number of carbonyl (C=O) groups excluding carboxylic acids is 1. The SMILES string of the molecule is CCCCCCCCCCCCCCCCCC=CC[C@]1(C)CCc2c(C)c(OC(C)=O)c(C)c(C)c2O1. The fourth-order valence-electron chi connectivity index (χ4n) is 5.81. The molecule has 3 heteroatoms. The molecule has 1 atom stereocenters. The third-order valence-corrected chi connectivity index (χ3v) is 8.50. The number of rotatable bonds is 19. The predicted octanol–water partition coefficient (Wildman–Crippen LogP) is 10.8. The summed E-state index contributed by atoms with van der Waals surface area (Å²) in [6, 6.07) is 0. The summed E-state index contributed by atoms with van der Waals surface area (Å²) >= 11 is 0. The molecule has 0 aromatic heterocycles. The molecule has 0 saturated carbocycles. The van der Waals surface area contributed by atoms with Gasteiger partial charge in [0.2, 0.25) is 0 Å². The van der Waals surface area contributed by atoms with E-state index in [1.54, 1.807) is 0 Å². The van der Waals surface area contributed by atoms with Crippen molar-refractivity contribution >= 4 is 5.97 Å². The molecule has 38 heavy (non-hydrogen) atoms. The second kappa shape index (κ2) is 17.7. The van der Waals surface area contributed by atoms with E-state index in [1.807, 2.05) is 13.8 Å². The third kappa shape index (κ3) is 11.1. The summed E-state index contributed by atoms with van der Waals surface area (Å²) in [5.41, 5.74) is 4.16. The molecule has 1 aromatic rings. The van der Waals surface area contributed by atoms with Gasteiger partial charge in [0, 0.05) is 18.9 Å². The van der Waals surface area contributed by atoms with Crippen LogP contribution >= 0.6 is 0 Å². The van der Waals surface area contributed by atoms with Crippen LogP contribution in [0.1, 0.15) is 159 Å². The van der Waals surface area contributed by atoms with Crippen LogP contribution in [-0.2, 0) is 11.2 Å². The lowest BCUT2D eigenvalue weighted by atomic mass is 9.85. The molecule has 0 bridgehead atoms. The van der Waals surface area contributed by atoms with Crippen molar-refractivity contribution in [2.75, 3.05) is 0 Å². The van der Waals surface area contributed by atoms with E-state index >= 15 is 0 Å². The first-order valence-corrected chi connectivity index (χ1v) is 15.9. The Kier molecular flexibility index (Phi) is 15.2. The van der Waals surface area contributed by atoms with E-state index in [1.165, 1.54) is 115 Å². The maximum Gasteiger partial charge on any atom is 0.308 e. The molecule has 0 N–H and O–H groups in total. The molecule has 216 valence electrons. The normalized spacial score (nSPS) is 17.0. The number of carbonyl (C=O) groups is 1. The molecule has 0 radical (unpaired) electrons. The molecule has 0 fully saturated rings. The number of allylic oxidation sites excluding steroid dienone is 1. The number of ether oxygens (including phenoxy) is 2. The molecular weight excluding hydrogens is 468 g/mol. The van der Waals surface area contributed by atoms with Crippen LogP contribution in [0.25, 0.3) is 0 Å². The Hall–Kier alpha value is -1.77. The minimum atomic E-state index is -0.267. The Labute approximate surface area is 235 Å². The van der Waals surface area contributed by atoms with Gasteiger partial charge in [-0.2, -0.15) is 0 Å². The van der Waals surface area contributed by atoms with Crippen LogP contribution in [0, 0.1) is 20.8 Å². The molecule has 2 rings (SSSR count). The van der Waals surface area contributed by atoms with Gasteiger partial charge < -0.3 is 9.47 Å². The Balaban J connectivity index is 1.57. The van der Waals surface area contributed by atoms with Crippen LogP contribution in [0.2, 0.25) is 0 Å². The Morgan fingerprint density at radius 1 is 0.789 bits per heavy atom. The summed E-state index contributed by atoms with van der Waals surface area (Å²) in [7, 11) is 0. The molecule has 3 nitrogen and oxygen atoms in total. The van der Waals surface area contributed by atoms with Crippen LogP contribution in [-0.4, -0.2) is 11.6 Å². The molecule has 0 aliphatic carbocycles. The summed E-state index contributed by atoms with van der Waals surface area (Å²) in [5, 5.41) is 0. The van der Waals surface area contributed by atoms with Crippen molar-refractivity contribution < 1.29 is 14.3 Å². The highest BCUT2D eigenvalue weighted by atomic mass is 16.5. The van der Waals surface area contributed by atoms with Gasteiger partial charge in [-0.1, -0.05) is 109 Å². The predicted molar refractivity (Wildman–Crippen MR) is 163 cm³/mol.